The highest BCUT2D eigenvalue weighted by atomic mass is 15.1. The van der Waals surface area contributed by atoms with E-state index in [1.165, 1.54) is 38.2 Å². The molecule has 0 saturated carbocycles. The number of imidazole rings is 1. The first-order chi connectivity index (χ1) is 26.6. The van der Waals surface area contributed by atoms with Crippen molar-refractivity contribution >= 4 is 54.6 Å². The van der Waals surface area contributed by atoms with Gasteiger partial charge in [-0.25, -0.2) is 9.97 Å². The zero-order valence-corrected chi connectivity index (χ0v) is 32.1. The Hall–Kier alpha value is -6.46. The average Bonchev–Trinajstić information content (AvgIpc) is 3.87. The standard InChI is InChI=1S/C50H43N5/c1-49(2,3)32-29-39(50(4,5)6)45-37-26-25-31(28-42(37)55(43(45)30-32)44-24-12-13-27-51-44)34-19-15-23-41-47(34)53-48(54(41)33-16-8-7-9-17-33)38-21-14-20-36-35-18-10-11-22-40(35)52-46(36)38/h7-30,52H,1-6H3. The first-order valence-electron chi connectivity index (χ1n) is 19.2. The second-order valence-electron chi connectivity index (χ2n) is 16.9. The number of aromatic nitrogens is 5. The highest BCUT2D eigenvalue weighted by Gasteiger charge is 2.27. The Morgan fingerprint density at radius 3 is 2.07 bits per heavy atom. The summed E-state index contributed by atoms with van der Waals surface area (Å²) in [7, 11) is 0. The third kappa shape index (κ3) is 5.21. The normalized spacial score (nSPS) is 12.5. The number of nitrogens with one attached hydrogen (secondary N) is 1. The van der Waals surface area contributed by atoms with Crippen LogP contribution in [0.5, 0.6) is 0 Å². The minimum absolute atomic E-state index is 0.0210. The minimum atomic E-state index is -0.0679. The van der Waals surface area contributed by atoms with E-state index in [1.54, 1.807) is 0 Å². The van der Waals surface area contributed by atoms with E-state index in [9.17, 15) is 0 Å². The van der Waals surface area contributed by atoms with Crippen molar-refractivity contribution in [3.8, 4) is 34.0 Å². The van der Waals surface area contributed by atoms with Crippen LogP contribution in [0.15, 0.2) is 146 Å². The van der Waals surface area contributed by atoms with E-state index in [0.29, 0.717) is 0 Å². The van der Waals surface area contributed by atoms with Gasteiger partial charge in [0.1, 0.15) is 11.6 Å². The molecule has 6 aromatic carbocycles. The van der Waals surface area contributed by atoms with Crippen LogP contribution >= 0.6 is 0 Å². The molecule has 10 rings (SSSR count). The SMILES string of the molecule is CC(C)(C)c1cc(C(C)(C)C)c2c3ccc(-c4cccc5c4nc(-c4cccc6c4[nH]c4ccccc46)n5-c4ccccc4)cc3n(-c3ccccn3)c2c1. The number of para-hydroxylation sites is 4. The largest absolute Gasteiger partial charge is 0.354 e. The average molecular weight is 714 g/mol. The summed E-state index contributed by atoms with van der Waals surface area (Å²) >= 11 is 0. The molecule has 55 heavy (non-hydrogen) atoms. The molecule has 0 atom stereocenters. The fourth-order valence-corrected chi connectivity index (χ4v) is 8.48. The predicted molar refractivity (Wildman–Crippen MR) is 231 cm³/mol. The summed E-state index contributed by atoms with van der Waals surface area (Å²) in [5.41, 5.74) is 13.4. The van der Waals surface area contributed by atoms with Gasteiger partial charge in [0.15, 0.2) is 0 Å². The Kier molecular flexibility index (Phi) is 7.24. The molecule has 268 valence electrons. The van der Waals surface area contributed by atoms with Crippen molar-refractivity contribution in [2.24, 2.45) is 0 Å². The van der Waals surface area contributed by atoms with E-state index in [4.69, 9.17) is 9.97 Å². The van der Waals surface area contributed by atoms with Crippen molar-refractivity contribution in [2.45, 2.75) is 52.4 Å². The Labute approximate surface area is 320 Å². The Morgan fingerprint density at radius 1 is 0.545 bits per heavy atom. The van der Waals surface area contributed by atoms with Crippen LogP contribution in [0.3, 0.4) is 0 Å². The first-order valence-corrected chi connectivity index (χ1v) is 19.2. The number of hydrogen-bond acceptors (Lipinski definition) is 2. The Bertz CT molecular complexity index is 3090. The zero-order valence-electron chi connectivity index (χ0n) is 32.1. The molecule has 1 N–H and O–H groups in total. The fourth-order valence-electron chi connectivity index (χ4n) is 8.48. The molecule has 0 unspecified atom stereocenters. The summed E-state index contributed by atoms with van der Waals surface area (Å²) < 4.78 is 4.68. The van der Waals surface area contributed by atoms with E-state index in [2.05, 4.69) is 189 Å². The number of nitrogens with zero attached hydrogens (tertiary/aromatic N) is 4. The van der Waals surface area contributed by atoms with Crippen LogP contribution < -0.4 is 0 Å². The van der Waals surface area contributed by atoms with Crippen molar-refractivity contribution in [3.63, 3.8) is 0 Å². The van der Waals surface area contributed by atoms with Crippen molar-refractivity contribution < 1.29 is 0 Å². The molecule has 0 bridgehead atoms. The van der Waals surface area contributed by atoms with Crippen molar-refractivity contribution in [3.05, 3.63) is 157 Å². The maximum atomic E-state index is 5.57. The molecule has 10 aromatic rings. The van der Waals surface area contributed by atoms with Gasteiger partial charge in [0.05, 0.1) is 27.6 Å². The molecule has 0 aliphatic heterocycles. The van der Waals surface area contributed by atoms with Gasteiger partial charge in [0.25, 0.3) is 0 Å². The van der Waals surface area contributed by atoms with E-state index in [1.807, 2.05) is 12.3 Å². The van der Waals surface area contributed by atoms with Crippen molar-refractivity contribution in [1.82, 2.24) is 24.1 Å². The van der Waals surface area contributed by atoms with Gasteiger partial charge in [0, 0.05) is 50.1 Å². The molecule has 0 spiro atoms. The lowest BCUT2D eigenvalue weighted by Crippen LogP contribution is -2.17. The summed E-state index contributed by atoms with van der Waals surface area (Å²) in [6, 6.07) is 50.2. The lowest BCUT2D eigenvalue weighted by molar-refractivity contribution is 0.573. The molecule has 4 heterocycles. The first kappa shape index (κ1) is 33.1. The zero-order chi connectivity index (χ0) is 37.6. The monoisotopic (exact) mass is 713 g/mol. The lowest BCUT2D eigenvalue weighted by atomic mass is 9.78. The fraction of sp³-hybridized carbons (Fsp3) is 0.160. The van der Waals surface area contributed by atoms with Gasteiger partial charge in [-0.1, -0.05) is 126 Å². The lowest BCUT2D eigenvalue weighted by Gasteiger charge is -2.26. The van der Waals surface area contributed by atoms with Crippen molar-refractivity contribution in [2.75, 3.05) is 0 Å². The van der Waals surface area contributed by atoms with Gasteiger partial charge >= 0.3 is 0 Å². The highest BCUT2D eigenvalue weighted by molar-refractivity contribution is 6.14. The molecule has 0 aliphatic carbocycles. The summed E-state index contributed by atoms with van der Waals surface area (Å²) in [6.07, 6.45) is 1.89. The third-order valence-electron chi connectivity index (χ3n) is 11.2. The minimum Gasteiger partial charge on any atom is -0.354 e. The summed E-state index contributed by atoms with van der Waals surface area (Å²) in [5, 5.41) is 4.91. The molecule has 0 fully saturated rings. The van der Waals surface area contributed by atoms with Gasteiger partial charge in [-0.2, -0.15) is 0 Å². The second kappa shape index (κ2) is 12.0. The van der Waals surface area contributed by atoms with Crippen LogP contribution in [0, 0.1) is 0 Å². The number of rotatable bonds is 4. The smallest absolute Gasteiger partial charge is 0.147 e. The van der Waals surface area contributed by atoms with E-state index in [-0.39, 0.29) is 10.8 Å². The molecule has 4 aromatic heterocycles. The van der Waals surface area contributed by atoms with Gasteiger partial charge in [0.2, 0.25) is 0 Å². The Balaban J connectivity index is 1.27. The molecule has 0 saturated heterocycles. The molecule has 0 amide bonds. The topological polar surface area (TPSA) is 51.4 Å². The van der Waals surface area contributed by atoms with Crippen molar-refractivity contribution in [1.29, 1.82) is 0 Å². The quantitative estimate of drug-likeness (QED) is 0.197. The molecule has 0 aliphatic rings. The van der Waals surface area contributed by atoms with E-state index < -0.39 is 0 Å². The number of benzene rings is 6. The number of fused-ring (bicyclic) bond motifs is 7. The number of H-pyrrole nitrogens is 1. The molecule has 0 radical (unpaired) electrons. The van der Waals surface area contributed by atoms with Gasteiger partial charge < -0.3 is 4.98 Å². The molecular formula is C50H43N5. The summed E-state index contributed by atoms with van der Waals surface area (Å²) in [6.45, 7) is 13.9. The molecular weight excluding hydrogens is 671 g/mol. The molecule has 5 nitrogen and oxygen atoms in total. The summed E-state index contributed by atoms with van der Waals surface area (Å²) in [5.74, 6) is 1.81. The number of aromatic amines is 1. The van der Waals surface area contributed by atoms with Crippen LogP contribution in [0.2, 0.25) is 0 Å². The van der Waals surface area contributed by atoms with Crippen LogP contribution in [0.1, 0.15) is 52.7 Å². The molecule has 5 heteroatoms. The van der Waals surface area contributed by atoms with Crippen LogP contribution in [0.4, 0.5) is 0 Å². The maximum absolute atomic E-state index is 5.57. The maximum Gasteiger partial charge on any atom is 0.147 e. The van der Waals surface area contributed by atoms with E-state index >= 15 is 0 Å². The number of pyridine rings is 1. The van der Waals surface area contributed by atoms with Gasteiger partial charge in [-0.05, 0) is 82.1 Å². The van der Waals surface area contributed by atoms with Gasteiger partial charge in [-0.3, -0.25) is 9.13 Å². The summed E-state index contributed by atoms with van der Waals surface area (Å²) in [4.78, 5) is 14.2. The highest BCUT2D eigenvalue weighted by Crippen LogP contribution is 2.44. The second-order valence-corrected chi connectivity index (χ2v) is 16.9. The predicted octanol–water partition coefficient (Wildman–Crippen LogP) is 13.1. The third-order valence-corrected chi connectivity index (χ3v) is 11.2. The van der Waals surface area contributed by atoms with Gasteiger partial charge in [-0.15, -0.1) is 0 Å². The van der Waals surface area contributed by atoms with E-state index in [0.717, 1.165) is 61.6 Å². The van der Waals surface area contributed by atoms with Crippen LogP contribution in [-0.2, 0) is 10.8 Å². The number of hydrogen-bond donors (Lipinski definition) is 1. The van der Waals surface area contributed by atoms with Crippen LogP contribution in [-0.4, -0.2) is 24.1 Å². The Morgan fingerprint density at radius 2 is 1.29 bits per heavy atom. The van der Waals surface area contributed by atoms with Crippen LogP contribution in [0.25, 0.3) is 88.7 Å².